The van der Waals surface area contributed by atoms with Gasteiger partial charge in [-0.1, -0.05) is 0 Å². The molecule has 6 nitrogen and oxygen atoms in total. The van der Waals surface area contributed by atoms with E-state index in [4.69, 9.17) is 4.74 Å². The summed E-state index contributed by atoms with van der Waals surface area (Å²) in [6.07, 6.45) is 1.09. The van der Waals surface area contributed by atoms with Crippen LogP contribution in [-0.2, 0) is 0 Å². The van der Waals surface area contributed by atoms with Crippen LogP contribution in [0.15, 0.2) is 24.4 Å². The van der Waals surface area contributed by atoms with E-state index < -0.39 is 23.4 Å². The number of nitrogens with one attached hydrogen (secondary N) is 3. The van der Waals surface area contributed by atoms with Gasteiger partial charge in [0, 0.05) is 23.9 Å². The Kier molecular flexibility index (Phi) is 4.36. The van der Waals surface area contributed by atoms with Crippen molar-refractivity contribution in [2.45, 2.75) is 20.0 Å². The van der Waals surface area contributed by atoms with E-state index in [-0.39, 0.29) is 11.8 Å². The molecular formula is C13H14F2N4O2. The molecule has 1 aromatic carbocycles. The smallest absolute Gasteiger partial charge is 0.324 e. The summed E-state index contributed by atoms with van der Waals surface area (Å²) >= 11 is 0. The van der Waals surface area contributed by atoms with Gasteiger partial charge in [-0.3, -0.25) is 10.4 Å². The SMILES string of the molecule is CC(C)Oc1c(F)cc(NC(=O)Nc2ccn[nH]2)cc1F. The Morgan fingerprint density at radius 1 is 1.29 bits per heavy atom. The topological polar surface area (TPSA) is 79.0 Å². The molecule has 0 saturated heterocycles. The molecule has 2 aromatic rings. The van der Waals surface area contributed by atoms with Crippen LogP contribution in [-0.4, -0.2) is 22.3 Å². The van der Waals surface area contributed by atoms with E-state index in [0.717, 1.165) is 12.1 Å². The summed E-state index contributed by atoms with van der Waals surface area (Å²) in [4.78, 5) is 11.6. The molecule has 3 N–H and O–H groups in total. The molecule has 21 heavy (non-hydrogen) atoms. The number of carbonyl (C=O) groups excluding carboxylic acids is 1. The first-order valence-corrected chi connectivity index (χ1v) is 6.19. The number of ether oxygens (including phenoxy) is 1. The number of carbonyl (C=O) groups is 1. The Labute approximate surface area is 119 Å². The van der Waals surface area contributed by atoms with Gasteiger partial charge in [-0.25, -0.2) is 13.6 Å². The number of anilines is 2. The minimum absolute atomic E-state index is 0.0295. The highest BCUT2D eigenvalue weighted by molar-refractivity contribution is 5.99. The predicted molar refractivity (Wildman–Crippen MR) is 73.4 cm³/mol. The molecule has 2 amide bonds. The molecule has 0 spiro atoms. The molecule has 0 bridgehead atoms. The number of aromatic amines is 1. The number of halogens is 2. The van der Waals surface area contributed by atoms with Crippen molar-refractivity contribution in [1.82, 2.24) is 10.2 Å². The van der Waals surface area contributed by atoms with Crippen molar-refractivity contribution in [3.05, 3.63) is 36.0 Å². The zero-order chi connectivity index (χ0) is 15.4. The number of rotatable bonds is 4. The second-order valence-corrected chi connectivity index (χ2v) is 4.49. The summed E-state index contributed by atoms with van der Waals surface area (Å²) in [6, 6.07) is 2.83. The molecule has 0 atom stereocenters. The zero-order valence-electron chi connectivity index (χ0n) is 11.4. The van der Waals surface area contributed by atoms with Gasteiger partial charge in [-0.05, 0) is 13.8 Å². The van der Waals surface area contributed by atoms with Crippen molar-refractivity contribution in [3.8, 4) is 5.75 Å². The zero-order valence-corrected chi connectivity index (χ0v) is 11.4. The van der Waals surface area contributed by atoms with E-state index in [1.807, 2.05) is 0 Å². The Balaban J connectivity index is 2.09. The maximum absolute atomic E-state index is 13.7. The van der Waals surface area contributed by atoms with Crippen LogP contribution in [0.2, 0.25) is 0 Å². The number of urea groups is 1. The fourth-order valence-corrected chi connectivity index (χ4v) is 1.59. The molecule has 0 aliphatic carbocycles. The lowest BCUT2D eigenvalue weighted by Crippen LogP contribution is -2.20. The number of H-pyrrole nitrogens is 1. The van der Waals surface area contributed by atoms with Crippen LogP contribution >= 0.6 is 0 Å². The summed E-state index contributed by atoms with van der Waals surface area (Å²) in [5.74, 6) is -1.89. The van der Waals surface area contributed by atoms with Crippen LogP contribution in [0.5, 0.6) is 5.75 Å². The van der Waals surface area contributed by atoms with Gasteiger partial charge >= 0.3 is 6.03 Å². The molecule has 0 unspecified atom stereocenters. The molecule has 8 heteroatoms. The highest BCUT2D eigenvalue weighted by Crippen LogP contribution is 2.26. The van der Waals surface area contributed by atoms with E-state index in [2.05, 4.69) is 20.8 Å². The van der Waals surface area contributed by atoms with E-state index >= 15 is 0 Å². The second-order valence-electron chi connectivity index (χ2n) is 4.49. The summed E-state index contributed by atoms with van der Waals surface area (Å²) in [6.45, 7) is 3.31. The molecule has 0 saturated carbocycles. The minimum Gasteiger partial charge on any atom is -0.485 e. The molecule has 112 valence electrons. The van der Waals surface area contributed by atoms with Gasteiger partial charge in [0.25, 0.3) is 0 Å². The maximum Gasteiger partial charge on any atom is 0.324 e. The molecule has 2 rings (SSSR count). The number of hydrogen-bond acceptors (Lipinski definition) is 3. The predicted octanol–water partition coefficient (Wildman–Crippen LogP) is 3.12. The lowest BCUT2D eigenvalue weighted by atomic mass is 10.2. The van der Waals surface area contributed by atoms with Gasteiger partial charge in [0.15, 0.2) is 17.4 Å². The van der Waals surface area contributed by atoms with E-state index in [1.54, 1.807) is 13.8 Å². The largest absolute Gasteiger partial charge is 0.485 e. The normalized spacial score (nSPS) is 10.5. The van der Waals surface area contributed by atoms with Gasteiger partial charge in [0.05, 0.1) is 12.3 Å². The van der Waals surface area contributed by atoms with Crippen molar-refractivity contribution in [1.29, 1.82) is 0 Å². The number of nitrogens with zero attached hydrogens (tertiary/aromatic N) is 1. The quantitative estimate of drug-likeness (QED) is 0.811. The number of aromatic nitrogens is 2. The fraction of sp³-hybridized carbons (Fsp3) is 0.231. The molecule has 1 heterocycles. The molecule has 0 fully saturated rings. The third-order valence-electron chi connectivity index (χ3n) is 2.36. The number of amides is 2. The third kappa shape index (κ3) is 3.91. The van der Waals surface area contributed by atoms with Crippen molar-refractivity contribution in [2.24, 2.45) is 0 Å². The Morgan fingerprint density at radius 3 is 2.48 bits per heavy atom. The minimum atomic E-state index is -0.888. The van der Waals surface area contributed by atoms with E-state index in [1.165, 1.54) is 12.3 Å². The standard InChI is InChI=1S/C13H14F2N4O2/c1-7(2)21-12-9(14)5-8(6-10(12)15)17-13(20)18-11-3-4-16-19-11/h3-7H,1-2H3,(H3,16,17,18,19,20). The maximum atomic E-state index is 13.7. The second kappa shape index (κ2) is 6.21. The van der Waals surface area contributed by atoms with Crippen LogP contribution in [0.4, 0.5) is 25.1 Å². The summed E-state index contributed by atoms with van der Waals surface area (Å²) in [5, 5.41) is 10.9. The lowest BCUT2D eigenvalue weighted by molar-refractivity contribution is 0.219. The van der Waals surface area contributed by atoms with Crippen molar-refractivity contribution in [2.75, 3.05) is 10.6 Å². The van der Waals surface area contributed by atoms with Gasteiger partial charge < -0.3 is 10.1 Å². The van der Waals surface area contributed by atoms with Crippen molar-refractivity contribution < 1.29 is 18.3 Å². The average Bonchev–Trinajstić information content (AvgIpc) is 2.86. The summed E-state index contributed by atoms with van der Waals surface area (Å²) < 4.78 is 32.5. The summed E-state index contributed by atoms with van der Waals surface area (Å²) in [5.41, 5.74) is -0.0295. The molecule has 0 radical (unpaired) electrons. The first kappa shape index (κ1) is 14.8. The monoisotopic (exact) mass is 296 g/mol. The number of hydrogen-bond donors (Lipinski definition) is 3. The molecule has 0 aliphatic heterocycles. The van der Waals surface area contributed by atoms with Crippen LogP contribution in [0.3, 0.4) is 0 Å². The Bertz CT molecular complexity index is 606. The summed E-state index contributed by atoms with van der Waals surface area (Å²) in [7, 11) is 0. The molecule has 1 aromatic heterocycles. The van der Waals surface area contributed by atoms with E-state index in [9.17, 15) is 13.6 Å². The van der Waals surface area contributed by atoms with Crippen LogP contribution < -0.4 is 15.4 Å². The molecular weight excluding hydrogens is 282 g/mol. The van der Waals surface area contributed by atoms with Crippen LogP contribution in [0.1, 0.15) is 13.8 Å². The number of benzene rings is 1. The third-order valence-corrected chi connectivity index (χ3v) is 2.36. The molecule has 0 aliphatic rings. The first-order chi connectivity index (χ1) is 9.95. The van der Waals surface area contributed by atoms with Gasteiger partial charge in [-0.15, -0.1) is 0 Å². The Morgan fingerprint density at radius 2 is 1.95 bits per heavy atom. The van der Waals surface area contributed by atoms with E-state index in [0.29, 0.717) is 5.82 Å². The fourth-order valence-electron chi connectivity index (χ4n) is 1.59. The average molecular weight is 296 g/mol. The Hall–Kier alpha value is -2.64. The van der Waals surface area contributed by atoms with Crippen molar-refractivity contribution >= 4 is 17.5 Å². The first-order valence-electron chi connectivity index (χ1n) is 6.19. The van der Waals surface area contributed by atoms with Gasteiger partial charge in [0.1, 0.15) is 5.82 Å². The highest BCUT2D eigenvalue weighted by Gasteiger charge is 2.15. The lowest BCUT2D eigenvalue weighted by Gasteiger charge is -2.13. The van der Waals surface area contributed by atoms with Crippen LogP contribution in [0.25, 0.3) is 0 Å². The van der Waals surface area contributed by atoms with Crippen LogP contribution in [0, 0.1) is 11.6 Å². The van der Waals surface area contributed by atoms with Gasteiger partial charge in [-0.2, -0.15) is 5.10 Å². The van der Waals surface area contributed by atoms with Crippen molar-refractivity contribution in [3.63, 3.8) is 0 Å². The highest BCUT2D eigenvalue weighted by atomic mass is 19.1. The van der Waals surface area contributed by atoms with Gasteiger partial charge in [0.2, 0.25) is 0 Å².